The third-order valence-electron chi connectivity index (χ3n) is 7.43. The fraction of sp³-hybridized carbons (Fsp3) is 0.0968. The third-order valence-corrected chi connectivity index (χ3v) is 7.43. The van der Waals surface area contributed by atoms with E-state index in [1.807, 2.05) is 0 Å². The van der Waals surface area contributed by atoms with E-state index in [1.165, 1.54) is 49.9 Å². The van der Waals surface area contributed by atoms with Crippen molar-refractivity contribution < 1.29 is 0 Å². The first-order valence-electron chi connectivity index (χ1n) is 11.6. The van der Waals surface area contributed by atoms with E-state index in [9.17, 15) is 0 Å². The highest BCUT2D eigenvalue weighted by atomic mass is 15.0. The molecule has 1 aliphatic carbocycles. The van der Waals surface area contributed by atoms with Crippen LogP contribution < -0.4 is 5.32 Å². The summed E-state index contributed by atoms with van der Waals surface area (Å²) in [7, 11) is 0. The van der Waals surface area contributed by atoms with Gasteiger partial charge in [-0.15, -0.1) is 0 Å². The lowest BCUT2D eigenvalue weighted by Gasteiger charge is -2.28. The molecule has 2 heterocycles. The predicted molar refractivity (Wildman–Crippen MR) is 139 cm³/mol. The Morgan fingerprint density at radius 2 is 1.48 bits per heavy atom. The molecule has 0 radical (unpaired) electrons. The zero-order valence-corrected chi connectivity index (χ0v) is 18.5. The molecule has 2 heteroatoms. The molecule has 0 saturated carbocycles. The standard InChI is InChI=1S/C31H24N2/c1-31-18-8-7-13-30(31)32-27-16-14-22(20-26(27)31)21-15-17-29-25(19-21)24-11-5-6-12-28(24)33(29)23-9-3-2-4-10-23/h2-20,30,32H,1H3. The lowest BCUT2D eigenvalue weighted by molar-refractivity contribution is 0.579. The van der Waals surface area contributed by atoms with Gasteiger partial charge in [0.05, 0.1) is 17.1 Å². The normalized spacial score (nSPS) is 20.7. The minimum absolute atomic E-state index is 0.00642. The fourth-order valence-corrected chi connectivity index (χ4v) is 5.66. The topological polar surface area (TPSA) is 17.0 Å². The van der Waals surface area contributed by atoms with Gasteiger partial charge in [-0.05, 0) is 66.1 Å². The van der Waals surface area contributed by atoms with Crippen molar-refractivity contribution in [2.75, 3.05) is 5.32 Å². The van der Waals surface area contributed by atoms with Crippen LogP contribution in [0.2, 0.25) is 0 Å². The van der Waals surface area contributed by atoms with Crippen LogP contribution in [0.1, 0.15) is 12.5 Å². The van der Waals surface area contributed by atoms with Gasteiger partial charge in [0.2, 0.25) is 0 Å². The fourth-order valence-electron chi connectivity index (χ4n) is 5.66. The summed E-state index contributed by atoms with van der Waals surface area (Å²) in [5.74, 6) is 0. The van der Waals surface area contributed by atoms with Crippen molar-refractivity contribution in [2.45, 2.75) is 18.4 Å². The first-order chi connectivity index (χ1) is 16.2. The molecular formula is C31H24N2. The smallest absolute Gasteiger partial charge is 0.0577 e. The molecule has 1 aromatic heterocycles. The first kappa shape index (κ1) is 18.5. The van der Waals surface area contributed by atoms with Crippen LogP contribution >= 0.6 is 0 Å². The highest BCUT2D eigenvalue weighted by molar-refractivity contribution is 6.10. The average Bonchev–Trinajstić information content (AvgIpc) is 3.35. The number of fused-ring (bicyclic) bond motifs is 6. The number of hydrogen-bond donors (Lipinski definition) is 1. The van der Waals surface area contributed by atoms with Crippen molar-refractivity contribution in [2.24, 2.45) is 0 Å². The number of benzene rings is 4. The molecule has 2 unspecified atom stereocenters. The summed E-state index contributed by atoms with van der Waals surface area (Å²) in [5, 5.41) is 6.26. The summed E-state index contributed by atoms with van der Waals surface area (Å²) in [5.41, 5.74) is 8.79. The van der Waals surface area contributed by atoms with E-state index in [2.05, 4.69) is 132 Å². The maximum Gasteiger partial charge on any atom is 0.0577 e. The molecule has 33 heavy (non-hydrogen) atoms. The first-order valence-corrected chi connectivity index (χ1v) is 11.6. The van der Waals surface area contributed by atoms with Crippen LogP contribution in [0.3, 0.4) is 0 Å². The van der Waals surface area contributed by atoms with Crippen LogP contribution in [0.15, 0.2) is 115 Å². The highest BCUT2D eigenvalue weighted by Gasteiger charge is 2.40. The largest absolute Gasteiger partial charge is 0.377 e. The second-order valence-electron chi connectivity index (χ2n) is 9.33. The summed E-state index contributed by atoms with van der Waals surface area (Å²) in [6.07, 6.45) is 8.91. The van der Waals surface area contributed by atoms with E-state index in [-0.39, 0.29) is 5.41 Å². The molecule has 4 aromatic carbocycles. The van der Waals surface area contributed by atoms with Gasteiger partial charge in [0.1, 0.15) is 0 Å². The molecule has 2 aliphatic rings. The number of allylic oxidation sites excluding steroid dienone is 2. The zero-order chi connectivity index (χ0) is 22.0. The van der Waals surface area contributed by atoms with Crippen molar-refractivity contribution in [3.63, 3.8) is 0 Å². The van der Waals surface area contributed by atoms with Gasteiger partial charge in [-0.1, -0.05) is 72.8 Å². The van der Waals surface area contributed by atoms with Gasteiger partial charge in [0.25, 0.3) is 0 Å². The van der Waals surface area contributed by atoms with Gasteiger partial charge >= 0.3 is 0 Å². The number of para-hydroxylation sites is 2. The number of nitrogens with one attached hydrogen (secondary N) is 1. The van der Waals surface area contributed by atoms with Gasteiger partial charge in [-0.2, -0.15) is 0 Å². The summed E-state index contributed by atoms with van der Waals surface area (Å²) in [6.45, 7) is 2.33. The zero-order valence-electron chi connectivity index (χ0n) is 18.5. The number of nitrogens with zero attached hydrogens (tertiary/aromatic N) is 1. The van der Waals surface area contributed by atoms with Gasteiger partial charge in [0, 0.05) is 27.6 Å². The molecule has 7 rings (SSSR count). The van der Waals surface area contributed by atoms with E-state index >= 15 is 0 Å². The van der Waals surface area contributed by atoms with Gasteiger partial charge in [-0.3, -0.25) is 0 Å². The van der Waals surface area contributed by atoms with Crippen LogP contribution in [0.4, 0.5) is 5.69 Å². The molecule has 2 atom stereocenters. The molecule has 0 fully saturated rings. The number of anilines is 1. The van der Waals surface area contributed by atoms with Crippen LogP contribution in [0.25, 0.3) is 38.6 Å². The predicted octanol–water partition coefficient (Wildman–Crippen LogP) is 7.63. The molecule has 0 bridgehead atoms. The quantitative estimate of drug-likeness (QED) is 0.308. The van der Waals surface area contributed by atoms with Gasteiger partial charge < -0.3 is 9.88 Å². The van der Waals surface area contributed by atoms with E-state index in [1.54, 1.807) is 0 Å². The Morgan fingerprint density at radius 1 is 0.727 bits per heavy atom. The molecule has 5 aromatic rings. The summed E-state index contributed by atoms with van der Waals surface area (Å²) in [4.78, 5) is 0. The molecule has 2 nitrogen and oxygen atoms in total. The van der Waals surface area contributed by atoms with Gasteiger partial charge in [0.15, 0.2) is 0 Å². The summed E-state index contributed by atoms with van der Waals surface area (Å²) in [6, 6.07) is 33.4. The Balaban J connectivity index is 1.42. The van der Waals surface area contributed by atoms with Crippen LogP contribution in [0, 0.1) is 0 Å². The van der Waals surface area contributed by atoms with E-state index < -0.39 is 0 Å². The molecule has 158 valence electrons. The molecule has 1 aliphatic heterocycles. The number of rotatable bonds is 2. The molecule has 0 amide bonds. The van der Waals surface area contributed by atoms with Crippen molar-refractivity contribution in [3.8, 4) is 16.8 Å². The van der Waals surface area contributed by atoms with Gasteiger partial charge in [-0.25, -0.2) is 0 Å². The van der Waals surface area contributed by atoms with E-state index in [4.69, 9.17) is 0 Å². The molecule has 1 N–H and O–H groups in total. The second-order valence-corrected chi connectivity index (χ2v) is 9.33. The minimum Gasteiger partial charge on any atom is -0.377 e. The molecule has 0 saturated heterocycles. The second kappa shape index (κ2) is 6.73. The Labute approximate surface area is 193 Å². The summed E-state index contributed by atoms with van der Waals surface area (Å²) >= 11 is 0. The average molecular weight is 425 g/mol. The van der Waals surface area contributed by atoms with Crippen molar-refractivity contribution in [1.29, 1.82) is 0 Å². The van der Waals surface area contributed by atoms with Crippen LogP contribution in [-0.2, 0) is 5.41 Å². The monoisotopic (exact) mass is 424 g/mol. The minimum atomic E-state index is -0.00642. The number of hydrogen-bond acceptors (Lipinski definition) is 1. The van der Waals surface area contributed by atoms with Crippen molar-refractivity contribution in [1.82, 2.24) is 4.57 Å². The lowest BCUT2D eigenvalue weighted by Crippen LogP contribution is -2.33. The van der Waals surface area contributed by atoms with Crippen molar-refractivity contribution >= 4 is 27.5 Å². The number of aromatic nitrogens is 1. The SMILES string of the molecule is CC12C=CC=CC1Nc1ccc(-c3ccc4c(c3)c3ccccc3n4-c3ccccc3)cc12. The van der Waals surface area contributed by atoms with Crippen LogP contribution in [-0.4, -0.2) is 10.6 Å². The maximum absolute atomic E-state index is 3.69. The molecular weight excluding hydrogens is 400 g/mol. The molecule has 0 spiro atoms. The van der Waals surface area contributed by atoms with Crippen LogP contribution in [0.5, 0.6) is 0 Å². The highest BCUT2D eigenvalue weighted by Crippen LogP contribution is 2.46. The summed E-state index contributed by atoms with van der Waals surface area (Å²) < 4.78 is 2.37. The maximum atomic E-state index is 3.69. The van der Waals surface area contributed by atoms with E-state index in [0.717, 1.165) is 0 Å². The Hall–Kier alpha value is -4.04. The Morgan fingerprint density at radius 3 is 2.39 bits per heavy atom. The van der Waals surface area contributed by atoms with Crippen molar-refractivity contribution in [3.05, 3.63) is 121 Å². The Bertz CT molecular complexity index is 1600. The Kier molecular flexibility index (Phi) is 3.78. The lowest BCUT2D eigenvalue weighted by atomic mass is 9.76. The third kappa shape index (κ3) is 2.61. The van der Waals surface area contributed by atoms with E-state index in [0.29, 0.717) is 6.04 Å².